The number of nitrogens with one attached hydrogen (secondary N) is 4. The molecule has 0 saturated heterocycles. The summed E-state index contributed by atoms with van der Waals surface area (Å²) in [5.41, 5.74) is 8.42. The van der Waals surface area contributed by atoms with Gasteiger partial charge in [0.2, 0.25) is 5.91 Å². The first-order chi connectivity index (χ1) is 13.6. The van der Waals surface area contributed by atoms with Crippen LogP contribution in [-0.4, -0.2) is 39.4 Å². The molecule has 0 saturated carbocycles. The zero-order chi connectivity index (χ0) is 20.4. The lowest BCUT2D eigenvalue weighted by atomic mass is 10.0. The monoisotopic (exact) mass is 381 g/mol. The van der Waals surface area contributed by atoms with Crippen LogP contribution in [0.15, 0.2) is 54.7 Å². The van der Waals surface area contributed by atoms with Crippen LogP contribution in [0, 0.1) is 5.41 Å². The first-order valence-electron chi connectivity index (χ1n) is 8.98. The molecule has 0 aliphatic heterocycles. The van der Waals surface area contributed by atoms with Crippen molar-refractivity contribution in [1.82, 2.24) is 10.6 Å². The Balaban J connectivity index is 2.18. The van der Waals surface area contributed by atoms with Crippen molar-refractivity contribution in [3.63, 3.8) is 0 Å². The van der Waals surface area contributed by atoms with E-state index in [4.69, 9.17) is 15.9 Å². The van der Waals surface area contributed by atoms with Gasteiger partial charge in [0.05, 0.1) is 7.11 Å². The molecular formula is C21H27N5O2. The fourth-order valence-corrected chi connectivity index (χ4v) is 2.71. The molecule has 0 bridgehead atoms. The maximum atomic E-state index is 12.9. The van der Waals surface area contributed by atoms with Gasteiger partial charge in [0.25, 0.3) is 0 Å². The Labute approximate surface area is 165 Å². The maximum Gasteiger partial charge on any atom is 0.246 e. The zero-order valence-electron chi connectivity index (χ0n) is 16.2. The van der Waals surface area contributed by atoms with Gasteiger partial charge >= 0.3 is 0 Å². The summed E-state index contributed by atoms with van der Waals surface area (Å²) in [6, 6.07) is 14.1. The van der Waals surface area contributed by atoms with Crippen LogP contribution in [0.5, 0.6) is 5.75 Å². The van der Waals surface area contributed by atoms with Gasteiger partial charge in [0.1, 0.15) is 11.8 Å². The molecule has 7 heteroatoms. The third-order valence-electron chi connectivity index (χ3n) is 4.23. The second-order valence-corrected chi connectivity index (χ2v) is 6.10. The molecule has 7 nitrogen and oxygen atoms in total. The minimum atomic E-state index is -0.524. The van der Waals surface area contributed by atoms with Gasteiger partial charge in [-0.05, 0) is 42.4 Å². The molecule has 0 fully saturated rings. The second kappa shape index (κ2) is 10.9. The number of hydrogen-bond acceptors (Lipinski definition) is 6. The number of methoxy groups -OCH3 is 1. The Morgan fingerprint density at radius 2 is 1.96 bits per heavy atom. The van der Waals surface area contributed by atoms with Crippen LogP contribution >= 0.6 is 0 Å². The van der Waals surface area contributed by atoms with Crippen LogP contribution in [0.25, 0.3) is 5.57 Å². The fourth-order valence-electron chi connectivity index (χ4n) is 2.71. The van der Waals surface area contributed by atoms with Crippen molar-refractivity contribution in [3.05, 3.63) is 65.9 Å². The molecule has 0 spiro atoms. The number of rotatable bonds is 10. The molecule has 0 unspecified atom stereocenters. The van der Waals surface area contributed by atoms with Crippen molar-refractivity contribution in [2.45, 2.75) is 6.04 Å². The first-order valence-corrected chi connectivity index (χ1v) is 8.98. The molecule has 0 radical (unpaired) electrons. The van der Waals surface area contributed by atoms with E-state index in [2.05, 4.69) is 16.0 Å². The number of hydrogen-bond donors (Lipinski definition) is 5. The van der Waals surface area contributed by atoms with E-state index in [-0.39, 0.29) is 5.91 Å². The van der Waals surface area contributed by atoms with Crippen molar-refractivity contribution < 1.29 is 9.53 Å². The summed E-state index contributed by atoms with van der Waals surface area (Å²) in [5.74, 6) is 0.529. The topological polar surface area (TPSA) is 112 Å². The van der Waals surface area contributed by atoms with Crippen LogP contribution in [0.3, 0.4) is 0 Å². The lowest BCUT2D eigenvalue weighted by Crippen LogP contribution is -2.36. The predicted molar refractivity (Wildman–Crippen MR) is 114 cm³/mol. The number of allylic oxidation sites excluding steroid dienone is 1. The zero-order valence-corrected chi connectivity index (χ0v) is 16.2. The first kappa shape index (κ1) is 21.1. The second-order valence-electron chi connectivity index (χ2n) is 6.10. The van der Waals surface area contributed by atoms with Crippen LogP contribution in [-0.2, 0) is 4.79 Å². The average Bonchev–Trinajstić information content (AvgIpc) is 2.73. The summed E-state index contributed by atoms with van der Waals surface area (Å²) < 4.78 is 5.28. The summed E-state index contributed by atoms with van der Waals surface area (Å²) in [5, 5.41) is 16.6. The highest BCUT2D eigenvalue weighted by atomic mass is 16.5. The molecule has 0 aromatic heterocycles. The lowest BCUT2D eigenvalue weighted by molar-refractivity contribution is -0.118. The van der Waals surface area contributed by atoms with Crippen molar-refractivity contribution in [3.8, 4) is 5.75 Å². The standard InChI is InChI=1S/C21H27N5O2/c1-24-10-11-25-20(16-4-3-5-19(12-16)28-2)21(27)26-18-8-6-15(7-9-18)17(13-22)14-23/h3-9,12-14,20,22,24-25H,10-11,23H2,1-2H3,(H,26,27)/b17-14+,22-13?/t20-/m0/s1. The van der Waals surface area contributed by atoms with Crippen LogP contribution in [0.4, 0.5) is 5.69 Å². The third kappa shape index (κ3) is 5.67. The van der Waals surface area contributed by atoms with Gasteiger partial charge in [-0.15, -0.1) is 0 Å². The SMILES string of the molecule is CNCCN[C@H](C(=O)Nc1ccc(/C(C=N)=C/N)cc1)c1cccc(OC)c1. The molecule has 2 aromatic rings. The van der Waals surface area contributed by atoms with Gasteiger partial charge in [-0.1, -0.05) is 24.3 Å². The van der Waals surface area contributed by atoms with Crippen molar-refractivity contribution in [2.24, 2.45) is 5.73 Å². The Hall–Kier alpha value is -3.16. The Kier molecular flexibility index (Phi) is 8.20. The molecule has 148 valence electrons. The quantitative estimate of drug-likeness (QED) is 0.320. The van der Waals surface area contributed by atoms with Gasteiger partial charge in [-0.25, -0.2) is 0 Å². The van der Waals surface area contributed by atoms with E-state index in [0.717, 1.165) is 17.7 Å². The number of anilines is 1. The van der Waals surface area contributed by atoms with E-state index in [0.29, 0.717) is 23.6 Å². The lowest BCUT2D eigenvalue weighted by Gasteiger charge is -2.19. The van der Waals surface area contributed by atoms with E-state index in [1.54, 1.807) is 19.2 Å². The molecule has 0 aliphatic rings. The van der Waals surface area contributed by atoms with Crippen molar-refractivity contribution >= 4 is 23.4 Å². The van der Waals surface area contributed by atoms with E-state index in [1.165, 1.54) is 12.4 Å². The molecule has 1 atom stereocenters. The Morgan fingerprint density at radius 1 is 1.21 bits per heavy atom. The van der Waals surface area contributed by atoms with Crippen LogP contribution in [0.1, 0.15) is 17.2 Å². The van der Waals surface area contributed by atoms with Gasteiger partial charge < -0.3 is 31.8 Å². The average molecular weight is 381 g/mol. The van der Waals surface area contributed by atoms with E-state index in [9.17, 15) is 4.79 Å². The molecule has 2 aromatic carbocycles. The van der Waals surface area contributed by atoms with E-state index in [1.807, 2.05) is 43.4 Å². The predicted octanol–water partition coefficient (Wildman–Crippen LogP) is 2.13. The van der Waals surface area contributed by atoms with Gasteiger partial charge in [0.15, 0.2) is 0 Å². The Morgan fingerprint density at radius 3 is 2.57 bits per heavy atom. The summed E-state index contributed by atoms with van der Waals surface area (Å²) in [7, 11) is 3.46. The molecule has 28 heavy (non-hydrogen) atoms. The minimum Gasteiger partial charge on any atom is -0.497 e. The molecule has 6 N–H and O–H groups in total. The number of nitrogens with two attached hydrogens (primary N) is 1. The summed E-state index contributed by atoms with van der Waals surface area (Å²) >= 11 is 0. The molecular weight excluding hydrogens is 354 g/mol. The number of amides is 1. The number of carbonyl (C=O) groups is 1. The number of benzene rings is 2. The number of ether oxygens (including phenoxy) is 1. The largest absolute Gasteiger partial charge is 0.497 e. The van der Waals surface area contributed by atoms with E-state index >= 15 is 0 Å². The molecule has 0 aliphatic carbocycles. The van der Waals surface area contributed by atoms with Crippen LogP contribution < -0.4 is 26.4 Å². The number of carbonyl (C=O) groups excluding carboxylic acids is 1. The van der Waals surface area contributed by atoms with Crippen molar-refractivity contribution in [2.75, 3.05) is 32.6 Å². The van der Waals surface area contributed by atoms with Gasteiger partial charge in [0, 0.05) is 36.8 Å². The summed E-state index contributed by atoms with van der Waals surface area (Å²) in [6.45, 7) is 1.37. The fraction of sp³-hybridized carbons (Fsp3) is 0.238. The van der Waals surface area contributed by atoms with Gasteiger partial charge in [-0.2, -0.15) is 0 Å². The summed E-state index contributed by atoms with van der Waals surface area (Å²) in [4.78, 5) is 12.9. The highest BCUT2D eigenvalue weighted by Crippen LogP contribution is 2.22. The van der Waals surface area contributed by atoms with Gasteiger partial charge in [-0.3, -0.25) is 4.79 Å². The smallest absolute Gasteiger partial charge is 0.246 e. The summed E-state index contributed by atoms with van der Waals surface area (Å²) in [6.07, 6.45) is 2.57. The normalized spacial score (nSPS) is 12.3. The highest BCUT2D eigenvalue weighted by Gasteiger charge is 2.20. The minimum absolute atomic E-state index is 0.168. The maximum absolute atomic E-state index is 12.9. The molecule has 0 heterocycles. The molecule has 1 amide bonds. The third-order valence-corrected chi connectivity index (χ3v) is 4.23. The number of likely N-dealkylation sites (N-methyl/N-ethyl adjacent to an activating group) is 1. The van der Waals surface area contributed by atoms with Crippen molar-refractivity contribution in [1.29, 1.82) is 5.41 Å². The highest BCUT2D eigenvalue weighted by molar-refractivity contribution is 6.08. The Bertz CT molecular complexity index is 818. The van der Waals surface area contributed by atoms with E-state index < -0.39 is 6.04 Å². The van der Waals surface area contributed by atoms with Crippen LogP contribution in [0.2, 0.25) is 0 Å². The molecule has 2 rings (SSSR count).